The smallest absolute Gasteiger partial charge is 0.251 e. The number of aromatic amines is 1. The molecule has 0 fully saturated rings. The molecule has 0 unspecified atom stereocenters. The molecule has 3 heterocycles. The number of fused-ring (bicyclic) bond motifs is 1. The summed E-state index contributed by atoms with van der Waals surface area (Å²) in [5.74, 6) is -0.165. The molecule has 0 aliphatic heterocycles. The number of carbonyl (C=O) groups is 1. The summed E-state index contributed by atoms with van der Waals surface area (Å²) in [7, 11) is 0. The van der Waals surface area contributed by atoms with Gasteiger partial charge < -0.3 is 15.4 Å². The van der Waals surface area contributed by atoms with Crippen LogP contribution in [0.25, 0.3) is 22.2 Å². The Morgan fingerprint density at radius 3 is 2.62 bits per heavy atom. The highest BCUT2D eigenvalue weighted by Gasteiger charge is 2.17. The molecule has 3 N–H and O–H groups in total. The van der Waals surface area contributed by atoms with Crippen LogP contribution < -0.4 is 5.32 Å². The molecule has 0 atom stereocenters. The van der Waals surface area contributed by atoms with E-state index in [1.807, 2.05) is 36.5 Å². The largest absolute Gasteiger partial charge is 0.494 e. The summed E-state index contributed by atoms with van der Waals surface area (Å²) < 4.78 is 0. The standard InChI is InChI=1S/C25H27N5O2/c1-3-30(4-2)16-17-8-10-22(27-14-17)23-20-13-18(9-11-21(20)29-25(23)32)24(31)28-15-19-7-5-6-12-26-19/h5-14,29,32H,3-4,15-16H2,1-2H3,(H,28,31). The number of aromatic nitrogens is 3. The van der Waals surface area contributed by atoms with Crippen LogP contribution >= 0.6 is 0 Å². The van der Waals surface area contributed by atoms with Gasteiger partial charge in [0, 0.05) is 35.4 Å². The highest BCUT2D eigenvalue weighted by atomic mass is 16.3. The van der Waals surface area contributed by atoms with Gasteiger partial charge in [0.05, 0.1) is 23.5 Å². The van der Waals surface area contributed by atoms with Gasteiger partial charge in [-0.05, 0) is 55.1 Å². The molecule has 0 spiro atoms. The molecule has 0 aliphatic rings. The molecule has 0 aliphatic carbocycles. The normalized spacial score (nSPS) is 11.2. The second kappa shape index (κ2) is 9.62. The third-order valence-corrected chi connectivity index (χ3v) is 5.58. The molecule has 0 saturated heterocycles. The fourth-order valence-corrected chi connectivity index (χ4v) is 3.73. The van der Waals surface area contributed by atoms with Gasteiger partial charge in [0.25, 0.3) is 5.91 Å². The summed E-state index contributed by atoms with van der Waals surface area (Å²) in [5, 5.41) is 14.2. The average Bonchev–Trinajstić information content (AvgIpc) is 3.17. The summed E-state index contributed by atoms with van der Waals surface area (Å²) in [6.45, 7) is 7.41. The number of benzene rings is 1. The van der Waals surface area contributed by atoms with Crippen LogP contribution in [0.1, 0.15) is 35.5 Å². The number of hydrogen-bond donors (Lipinski definition) is 3. The summed E-state index contributed by atoms with van der Waals surface area (Å²) >= 11 is 0. The second-order valence-corrected chi connectivity index (χ2v) is 7.63. The summed E-state index contributed by atoms with van der Waals surface area (Å²) in [4.78, 5) is 26.8. The zero-order valence-corrected chi connectivity index (χ0v) is 18.3. The summed E-state index contributed by atoms with van der Waals surface area (Å²) in [6.07, 6.45) is 3.54. The van der Waals surface area contributed by atoms with Crippen LogP contribution in [0.5, 0.6) is 5.88 Å². The van der Waals surface area contributed by atoms with E-state index in [1.54, 1.807) is 24.4 Å². The SMILES string of the molecule is CCN(CC)Cc1ccc(-c2c(O)[nH]c3ccc(C(=O)NCc4ccccn4)cc23)nc1. The van der Waals surface area contributed by atoms with Gasteiger partial charge in [0.1, 0.15) is 0 Å². The molecule has 3 aromatic heterocycles. The van der Waals surface area contributed by atoms with Crippen molar-refractivity contribution in [1.82, 2.24) is 25.2 Å². The van der Waals surface area contributed by atoms with Gasteiger partial charge >= 0.3 is 0 Å². The quantitative estimate of drug-likeness (QED) is 0.392. The minimum absolute atomic E-state index is 0.0371. The second-order valence-electron chi connectivity index (χ2n) is 7.63. The molecule has 0 bridgehead atoms. The Labute approximate surface area is 187 Å². The highest BCUT2D eigenvalue weighted by Crippen LogP contribution is 2.36. The molecule has 4 aromatic rings. The number of nitrogens with one attached hydrogen (secondary N) is 2. The molecule has 1 aromatic carbocycles. The predicted octanol–water partition coefficient (Wildman–Crippen LogP) is 4.10. The number of rotatable bonds is 8. The maximum atomic E-state index is 12.7. The Morgan fingerprint density at radius 1 is 1.09 bits per heavy atom. The fraction of sp³-hybridized carbons (Fsp3) is 0.240. The van der Waals surface area contributed by atoms with E-state index >= 15 is 0 Å². The van der Waals surface area contributed by atoms with Gasteiger partial charge in [0.2, 0.25) is 0 Å². The Hall–Kier alpha value is -3.71. The molecule has 0 saturated carbocycles. The molecule has 164 valence electrons. The molecule has 32 heavy (non-hydrogen) atoms. The van der Waals surface area contributed by atoms with E-state index in [1.165, 1.54) is 0 Å². The predicted molar refractivity (Wildman–Crippen MR) is 125 cm³/mol. The maximum Gasteiger partial charge on any atom is 0.251 e. The molecule has 4 rings (SSSR count). The van der Waals surface area contributed by atoms with E-state index in [-0.39, 0.29) is 11.8 Å². The molecular weight excluding hydrogens is 402 g/mol. The minimum atomic E-state index is -0.202. The number of hydrogen-bond acceptors (Lipinski definition) is 5. The van der Waals surface area contributed by atoms with Gasteiger partial charge in [-0.2, -0.15) is 0 Å². The maximum absolute atomic E-state index is 12.7. The van der Waals surface area contributed by atoms with E-state index in [0.717, 1.165) is 41.8 Å². The van der Waals surface area contributed by atoms with Crippen LogP contribution in [-0.2, 0) is 13.1 Å². The van der Waals surface area contributed by atoms with Crippen LogP contribution in [0.3, 0.4) is 0 Å². The third kappa shape index (κ3) is 4.63. The molecule has 7 nitrogen and oxygen atoms in total. The summed E-state index contributed by atoms with van der Waals surface area (Å²) in [6, 6.07) is 14.8. The lowest BCUT2D eigenvalue weighted by Gasteiger charge is -2.17. The van der Waals surface area contributed by atoms with Gasteiger partial charge in [0.15, 0.2) is 5.88 Å². The van der Waals surface area contributed by atoms with E-state index in [4.69, 9.17) is 0 Å². The number of amides is 1. The number of pyridine rings is 2. The van der Waals surface area contributed by atoms with Crippen LogP contribution in [0.4, 0.5) is 0 Å². The number of carbonyl (C=O) groups excluding carboxylic acids is 1. The summed E-state index contributed by atoms with van der Waals surface area (Å²) in [5.41, 5.74) is 4.40. The van der Waals surface area contributed by atoms with Crippen LogP contribution in [0, 0.1) is 0 Å². The van der Waals surface area contributed by atoms with Crippen LogP contribution in [-0.4, -0.2) is 44.0 Å². The molecule has 1 amide bonds. The molecule has 7 heteroatoms. The van der Waals surface area contributed by atoms with Gasteiger partial charge in [-0.15, -0.1) is 0 Å². The minimum Gasteiger partial charge on any atom is -0.494 e. The molecule has 0 radical (unpaired) electrons. The zero-order valence-electron chi connectivity index (χ0n) is 18.3. The van der Waals surface area contributed by atoms with Crippen molar-refractivity contribution in [2.24, 2.45) is 0 Å². The first-order valence-corrected chi connectivity index (χ1v) is 10.8. The zero-order chi connectivity index (χ0) is 22.5. The van der Waals surface area contributed by atoms with Gasteiger partial charge in [-0.3, -0.25) is 19.7 Å². The van der Waals surface area contributed by atoms with E-state index < -0.39 is 0 Å². The van der Waals surface area contributed by atoms with Crippen molar-refractivity contribution in [3.8, 4) is 17.1 Å². The lowest BCUT2D eigenvalue weighted by molar-refractivity contribution is 0.0950. The van der Waals surface area contributed by atoms with Gasteiger partial charge in [-0.25, -0.2) is 0 Å². The van der Waals surface area contributed by atoms with Crippen LogP contribution in [0.15, 0.2) is 60.9 Å². The van der Waals surface area contributed by atoms with E-state index in [0.29, 0.717) is 23.4 Å². The first-order chi connectivity index (χ1) is 15.6. The first kappa shape index (κ1) is 21.5. The number of nitrogens with zero attached hydrogens (tertiary/aromatic N) is 3. The Morgan fingerprint density at radius 2 is 1.94 bits per heavy atom. The molecular formula is C25H27N5O2. The van der Waals surface area contributed by atoms with Crippen molar-refractivity contribution in [3.05, 3.63) is 77.7 Å². The fourth-order valence-electron chi connectivity index (χ4n) is 3.73. The lowest BCUT2D eigenvalue weighted by atomic mass is 10.1. The van der Waals surface area contributed by atoms with E-state index in [2.05, 4.69) is 39.0 Å². The highest BCUT2D eigenvalue weighted by molar-refractivity contribution is 6.03. The Kier molecular flexibility index (Phi) is 6.47. The van der Waals surface area contributed by atoms with Gasteiger partial charge in [-0.1, -0.05) is 26.0 Å². The van der Waals surface area contributed by atoms with Crippen molar-refractivity contribution in [3.63, 3.8) is 0 Å². The Balaban J connectivity index is 1.58. The van der Waals surface area contributed by atoms with E-state index in [9.17, 15) is 9.90 Å². The Bertz CT molecular complexity index is 1200. The van der Waals surface area contributed by atoms with Crippen molar-refractivity contribution >= 4 is 16.8 Å². The average molecular weight is 430 g/mol. The number of aromatic hydroxyl groups is 1. The lowest BCUT2D eigenvalue weighted by Crippen LogP contribution is -2.23. The van der Waals surface area contributed by atoms with Crippen molar-refractivity contribution < 1.29 is 9.90 Å². The van der Waals surface area contributed by atoms with Crippen molar-refractivity contribution in [1.29, 1.82) is 0 Å². The van der Waals surface area contributed by atoms with Crippen molar-refractivity contribution in [2.45, 2.75) is 26.9 Å². The number of H-pyrrole nitrogens is 1. The third-order valence-electron chi connectivity index (χ3n) is 5.58. The first-order valence-electron chi connectivity index (χ1n) is 10.8. The van der Waals surface area contributed by atoms with Crippen LogP contribution in [0.2, 0.25) is 0 Å². The monoisotopic (exact) mass is 429 g/mol. The topological polar surface area (TPSA) is 94.1 Å². The van der Waals surface area contributed by atoms with Crippen molar-refractivity contribution in [2.75, 3.05) is 13.1 Å².